The Bertz CT molecular complexity index is 1960. The van der Waals surface area contributed by atoms with E-state index in [9.17, 15) is 71.5 Å². The van der Waals surface area contributed by atoms with Crippen LogP contribution in [0.5, 0.6) is 0 Å². The van der Waals surface area contributed by atoms with Gasteiger partial charge in [-0.25, -0.2) is 0 Å². The van der Waals surface area contributed by atoms with E-state index in [0.717, 1.165) is 5.57 Å². The molecular formula is C53H90O22. The van der Waals surface area contributed by atoms with Crippen molar-refractivity contribution in [3.63, 3.8) is 0 Å². The Kier molecular flexibility index (Phi) is 17.8. The molecule has 0 unspecified atom stereocenters. The van der Waals surface area contributed by atoms with Crippen molar-refractivity contribution in [3.8, 4) is 0 Å². The van der Waals surface area contributed by atoms with Gasteiger partial charge >= 0.3 is 0 Å². The van der Waals surface area contributed by atoms with Crippen molar-refractivity contribution in [2.24, 2.45) is 45.3 Å². The van der Waals surface area contributed by atoms with Gasteiger partial charge in [-0.15, -0.1) is 0 Å². The molecule has 0 aromatic heterocycles. The minimum absolute atomic E-state index is 0.136. The monoisotopic (exact) mass is 1080 g/mol. The molecule has 0 spiro atoms. The molecule has 8 rings (SSSR count). The average molecular weight is 1080 g/mol. The Balaban J connectivity index is 1.12. The summed E-state index contributed by atoms with van der Waals surface area (Å²) in [5.74, 6) is -1.37. The molecule has 30 atom stereocenters. The molecule has 8 aliphatic rings. The molecule has 434 valence electrons. The number of aliphatic hydroxyl groups excluding tert-OH is 14. The Hall–Kier alpha value is -1.14. The third-order valence-electron chi connectivity index (χ3n) is 20.4. The van der Waals surface area contributed by atoms with Crippen LogP contribution in [0.15, 0.2) is 11.6 Å². The number of fused-ring (bicyclic) bond motifs is 5. The van der Waals surface area contributed by atoms with E-state index in [1.165, 1.54) is 6.92 Å². The van der Waals surface area contributed by atoms with Crippen LogP contribution in [0.1, 0.15) is 114 Å². The first-order valence-electron chi connectivity index (χ1n) is 27.2. The Morgan fingerprint density at radius 2 is 1.28 bits per heavy atom. The van der Waals surface area contributed by atoms with Crippen molar-refractivity contribution in [2.45, 2.75) is 254 Å². The summed E-state index contributed by atoms with van der Waals surface area (Å²) in [4.78, 5) is 0. The van der Waals surface area contributed by atoms with Crippen LogP contribution in [0.3, 0.4) is 0 Å². The van der Waals surface area contributed by atoms with Crippen molar-refractivity contribution in [1.82, 2.24) is 0 Å². The van der Waals surface area contributed by atoms with Gasteiger partial charge in [-0.3, -0.25) is 0 Å². The lowest BCUT2D eigenvalue weighted by molar-refractivity contribution is -0.382. The van der Waals surface area contributed by atoms with Crippen molar-refractivity contribution in [2.75, 3.05) is 19.8 Å². The third kappa shape index (κ3) is 10.5. The molecule has 4 saturated carbocycles. The molecule has 22 nitrogen and oxygen atoms in total. The van der Waals surface area contributed by atoms with E-state index < -0.39 is 187 Å². The summed E-state index contributed by atoms with van der Waals surface area (Å²) in [7, 11) is 0. The molecule has 4 heterocycles. The standard InChI is InChI=1S/C53H90O22/c1-22(2)11-10-14-53(9,75-47-42(67)38(63)36(61)29(73-47)21-69-45-40(65)34(59)26(56)20-68-45)24-12-16-51(7)32(24)25(55)17-30-50(6)15-13-31(57)49(4,5)44(50)27(18-52(30,51)8)71-48-43(39(64)35(60)28(19-54)72-48)74-46-41(66)37(62)33(58)23(3)70-46/h11,23-48,54-67H,10,12-21H2,1-9H3/t23-,24-,25+,26-,27-,28+,29+,30+,31-,32-,33-,34-,35+,36+,37+,38-,39-,40-,41+,42+,43+,44-,45-,46-,47-,48+,50+,51+,52+,53-/m0/s1. The SMILES string of the molecule is CC(C)=CCC[C@](C)(O[C@@H]1O[C@H](CO[C@@H]2OC[C@H](O)[C@H](O)[C@@H]2O)[C@@H](O)[C@H](O)[C@H]1O)[C@H]1CC[C@]2(C)[C@@H]1[C@H](O)C[C@@H]1[C@@]3(C)CC[C@H](O)C(C)(C)[C@@H]3[C@@H](O[C@@H]3O[C@H](CO)[C@@H](O)[C@H](O)[C@H]3O[C@@H]3O[C@@H](C)[C@H](O)[C@@H](O)[C@H]3O)C[C@]12C. The number of hydrogen-bond donors (Lipinski definition) is 14. The lowest BCUT2D eigenvalue weighted by Gasteiger charge is -2.72. The van der Waals surface area contributed by atoms with Crippen LogP contribution in [-0.4, -0.2) is 232 Å². The van der Waals surface area contributed by atoms with E-state index in [1.807, 2.05) is 34.6 Å². The topological polar surface area (TPSA) is 357 Å². The van der Waals surface area contributed by atoms with E-state index in [1.54, 1.807) is 0 Å². The van der Waals surface area contributed by atoms with Crippen LogP contribution in [0.4, 0.5) is 0 Å². The molecule has 4 saturated heterocycles. The highest BCUT2D eigenvalue weighted by atomic mass is 16.8. The summed E-state index contributed by atoms with van der Waals surface area (Å²) < 4.78 is 49.7. The van der Waals surface area contributed by atoms with Crippen molar-refractivity contribution in [3.05, 3.63) is 11.6 Å². The van der Waals surface area contributed by atoms with Gasteiger partial charge in [-0.05, 0) is 124 Å². The fourth-order valence-corrected chi connectivity index (χ4v) is 16.0. The second kappa shape index (κ2) is 22.3. The van der Waals surface area contributed by atoms with Gasteiger partial charge in [0.05, 0.1) is 49.8 Å². The molecule has 22 heteroatoms. The zero-order chi connectivity index (χ0) is 55.2. The molecule has 75 heavy (non-hydrogen) atoms. The second-order valence-corrected chi connectivity index (χ2v) is 25.4. The molecule has 14 N–H and O–H groups in total. The molecule has 0 amide bonds. The summed E-state index contributed by atoms with van der Waals surface area (Å²) in [5, 5.41) is 155. The highest BCUT2D eigenvalue weighted by Gasteiger charge is 2.74. The fraction of sp³-hybridized carbons (Fsp3) is 0.962. The molecule has 4 aliphatic heterocycles. The van der Waals surface area contributed by atoms with Crippen LogP contribution in [0, 0.1) is 45.3 Å². The molecular weight excluding hydrogens is 989 g/mol. The molecule has 0 bridgehead atoms. The van der Waals surface area contributed by atoms with Gasteiger partial charge < -0.3 is 109 Å². The largest absolute Gasteiger partial charge is 0.394 e. The molecule has 8 fully saturated rings. The van der Waals surface area contributed by atoms with Gasteiger partial charge in [0.25, 0.3) is 0 Å². The van der Waals surface area contributed by atoms with Crippen molar-refractivity contribution >= 4 is 0 Å². The summed E-state index contributed by atoms with van der Waals surface area (Å²) >= 11 is 0. The van der Waals surface area contributed by atoms with Gasteiger partial charge in [-0.2, -0.15) is 0 Å². The van der Waals surface area contributed by atoms with Gasteiger partial charge in [0.15, 0.2) is 25.2 Å². The highest BCUT2D eigenvalue weighted by Crippen LogP contribution is 2.76. The number of hydrogen-bond acceptors (Lipinski definition) is 22. The van der Waals surface area contributed by atoms with E-state index in [-0.39, 0.29) is 18.4 Å². The summed E-state index contributed by atoms with van der Waals surface area (Å²) in [6.07, 6.45) is -25.7. The molecule has 0 aromatic carbocycles. The first-order valence-corrected chi connectivity index (χ1v) is 27.2. The van der Waals surface area contributed by atoms with Crippen LogP contribution in [0.25, 0.3) is 0 Å². The predicted octanol–water partition coefficient (Wildman–Crippen LogP) is -1.57. The van der Waals surface area contributed by atoms with Crippen molar-refractivity contribution < 1.29 is 109 Å². The molecule has 0 aromatic rings. The minimum Gasteiger partial charge on any atom is -0.394 e. The number of allylic oxidation sites excluding steroid dienone is 2. The maximum atomic E-state index is 12.9. The first-order chi connectivity index (χ1) is 35.0. The second-order valence-electron chi connectivity index (χ2n) is 25.4. The van der Waals surface area contributed by atoms with Crippen LogP contribution in [0.2, 0.25) is 0 Å². The molecule has 0 radical (unpaired) electrons. The van der Waals surface area contributed by atoms with Gasteiger partial charge in [-0.1, -0.05) is 46.3 Å². The molecule has 4 aliphatic carbocycles. The normalized spacial score (nSPS) is 53.7. The van der Waals surface area contributed by atoms with Crippen molar-refractivity contribution in [1.29, 1.82) is 0 Å². The summed E-state index contributed by atoms with van der Waals surface area (Å²) in [6, 6.07) is 0. The first kappa shape index (κ1) is 60.0. The zero-order valence-corrected chi connectivity index (χ0v) is 44.9. The number of ether oxygens (including phenoxy) is 8. The number of aliphatic hydroxyl groups is 14. The lowest BCUT2D eigenvalue weighted by atomic mass is 9.34. The highest BCUT2D eigenvalue weighted by molar-refractivity contribution is 5.22. The predicted molar refractivity (Wildman–Crippen MR) is 260 cm³/mol. The average Bonchev–Trinajstić information content (AvgIpc) is 3.75. The fourth-order valence-electron chi connectivity index (χ4n) is 16.0. The number of rotatable bonds is 14. The Labute approximate surface area is 439 Å². The van der Waals surface area contributed by atoms with E-state index in [0.29, 0.717) is 51.4 Å². The lowest BCUT2D eigenvalue weighted by Crippen LogP contribution is -2.71. The van der Waals surface area contributed by atoms with Gasteiger partial charge in [0, 0.05) is 0 Å². The Morgan fingerprint density at radius 1 is 0.653 bits per heavy atom. The summed E-state index contributed by atoms with van der Waals surface area (Å²) in [6.45, 7) is 16.4. The minimum atomic E-state index is -1.77. The smallest absolute Gasteiger partial charge is 0.187 e. The zero-order valence-electron chi connectivity index (χ0n) is 44.9. The van der Waals surface area contributed by atoms with Crippen LogP contribution in [-0.2, 0) is 37.9 Å². The van der Waals surface area contributed by atoms with Crippen LogP contribution >= 0.6 is 0 Å². The Morgan fingerprint density at radius 3 is 1.95 bits per heavy atom. The van der Waals surface area contributed by atoms with E-state index in [2.05, 4.69) is 26.8 Å². The third-order valence-corrected chi connectivity index (χ3v) is 20.4. The maximum Gasteiger partial charge on any atom is 0.187 e. The maximum absolute atomic E-state index is 12.9. The quantitative estimate of drug-likeness (QED) is 0.0691. The van der Waals surface area contributed by atoms with Crippen LogP contribution < -0.4 is 0 Å². The summed E-state index contributed by atoms with van der Waals surface area (Å²) in [5.41, 5.74) is -2.78. The van der Waals surface area contributed by atoms with Gasteiger partial charge in [0.1, 0.15) is 85.5 Å². The van der Waals surface area contributed by atoms with E-state index >= 15 is 0 Å². The van der Waals surface area contributed by atoms with E-state index in [4.69, 9.17) is 37.9 Å². The van der Waals surface area contributed by atoms with Gasteiger partial charge in [0.2, 0.25) is 0 Å².